The standard InChI is InChI=1S/C12H15Si/c1-5-11-6-8(2)9(3)10(4)12(11)7-13/h5-6H,1,7H2,2-4H3. The van der Waals surface area contributed by atoms with E-state index in [1.54, 1.807) is 0 Å². The average molecular weight is 187 g/mol. The fraction of sp³-hybridized carbons (Fsp3) is 0.333. The van der Waals surface area contributed by atoms with Gasteiger partial charge < -0.3 is 0 Å². The van der Waals surface area contributed by atoms with Gasteiger partial charge >= 0.3 is 0 Å². The van der Waals surface area contributed by atoms with Gasteiger partial charge in [0, 0.05) is 10.2 Å². The lowest BCUT2D eigenvalue weighted by atomic mass is 9.94. The van der Waals surface area contributed by atoms with Gasteiger partial charge in [-0.15, -0.1) is 0 Å². The van der Waals surface area contributed by atoms with Gasteiger partial charge in [-0.2, -0.15) is 0 Å². The largest absolute Gasteiger partial charge is 0.0985 e. The molecule has 1 heteroatoms. The molecular weight excluding hydrogens is 172 g/mol. The monoisotopic (exact) mass is 187 g/mol. The first kappa shape index (κ1) is 10.3. The predicted octanol–water partition coefficient (Wildman–Crippen LogP) is 2.92. The molecule has 0 N–H and O–H groups in total. The summed E-state index contributed by atoms with van der Waals surface area (Å²) in [6, 6.07) is 3.10. The van der Waals surface area contributed by atoms with E-state index in [-0.39, 0.29) is 0 Å². The van der Waals surface area contributed by atoms with Gasteiger partial charge in [0.15, 0.2) is 0 Å². The number of hydrogen-bond donors (Lipinski definition) is 0. The molecule has 0 fully saturated rings. The molecule has 0 saturated heterocycles. The summed E-state index contributed by atoms with van der Waals surface area (Å²) in [7, 11) is 3.56. The van der Waals surface area contributed by atoms with E-state index in [1.165, 1.54) is 27.8 Å². The summed E-state index contributed by atoms with van der Waals surface area (Å²) >= 11 is 0. The van der Waals surface area contributed by atoms with Crippen LogP contribution in [0.25, 0.3) is 6.08 Å². The molecule has 0 amide bonds. The van der Waals surface area contributed by atoms with E-state index in [0.29, 0.717) is 0 Å². The quantitative estimate of drug-likeness (QED) is 0.625. The molecular formula is C12H15Si. The van der Waals surface area contributed by atoms with E-state index in [2.05, 4.69) is 43.7 Å². The molecule has 0 aliphatic rings. The summed E-state index contributed by atoms with van der Waals surface area (Å²) in [5, 5.41) is 0. The maximum absolute atomic E-state index is 3.83. The van der Waals surface area contributed by atoms with Gasteiger partial charge in [0.1, 0.15) is 0 Å². The van der Waals surface area contributed by atoms with Crippen molar-refractivity contribution in [3.8, 4) is 0 Å². The van der Waals surface area contributed by atoms with Crippen LogP contribution in [0, 0.1) is 20.8 Å². The van der Waals surface area contributed by atoms with Gasteiger partial charge in [0.2, 0.25) is 0 Å². The fourth-order valence-corrected chi connectivity index (χ4v) is 2.05. The van der Waals surface area contributed by atoms with Crippen molar-refractivity contribution < 1.29 is 0 Å². The lowest BCUT2D eigenvalue weighted by Gasteiger charge is -2.13. The van der Waals surface area contributed by atoms with Crippen LogP contribution in [0.15, 0.2) is 12.6 Å². The van der Waals surface area contributed by atoms with Crippen molar-refractivity contribution in [2.24, 2.45) is 0 Å². The van der Waals surface area contributed by atoms with Gasteiger partial charge in [-0.05, 0) is 54.6 Å². The van der Waals surface area contributed by atoms with Gasteiger partial charge in [-0.1, -0.05) is 18.7 Å². The van der Waals surface area contributed by atoms with E-state index < -0.39 is 0 Å². The zero-order valence-electron chi connectivity index (χ0n) is 8.57. The van der Waals surface area contributed by atoms with Crippen LogP contribution in [0.2, 0.25) is 0 Å². The van der Waals surface area contributed by atoms with Gasteiger partial charge in [0.05, 0.1) is 0 Å². The summed E-state index contributed by atoms with van der Waals surface area (Å²) in [6.07, 6.45) is 1.93. The highest BCUT2D eigenvalue weighted by Gasteiger charge is 2.06. The van der Waals surface area contributed by atoms with Crippen LogP contribution >= 0.6 is 0 Å². The smallest absolute Gasteiger partial charge is 0.0284 e. The lowest BCUT2D eigenvalue weighted by Crippen LogP contribution is -1.98. The molecule has 0 nitrogen and oxygen atoms in total. The molecule has 0 atom stereocenters. The Labute approximate surface area is 84.1 Å². The minimum Gasteiger partial charge on any atom is -0.0985 e. The third kappa shape index (κ3) is 1.75. The predicted molar refractivity (Wildman–Crippen MR) is 60.2 cm³/mol. The topological polar surface area (TPSA) is 0 Å². The molecule has 67 valence electrons. The summed E-state index contributed by atoms with van der Waals surface area (Å²) in [4.78, 5) is 0. The van der Waals surface area contributed by atoms with Crippen LogP contribution in [0.5, 0.6) is 0 Å². The van der Waals surface area contributed by atoms with Crippen molar-refractivity contribution in [3.05, 3.63) is 40.5 Å². The zero-order chi connectivity index (χ0) is 10.0. The van der Waals surface area contributed by atoms with E-state index >= 15 is 0 Å². The number of aryl methyl sites for hydroxylation is 1. The highest BCUT2D eigenvalue weighted by atomic mass is 28.1. The Morgan fingerprint density at radius 3 is 2.38 bits per heavy atom. The second-order valence-electron chi connectivity index (χ2n) is 3.39. The third-order valence-corrected chi connectivity index (χ3v) is 3.08. The van der Waals surface area contributed by atoms with E-state index in [1.807, 2.05) is 6.08 Å². The van der Waals surface area contributed by atoms with Crippen molar-refractivity contribution in [2.75, 3.05) is 0 Å². The molecule has 0 unspecified atom stereocenters. The Kier molecular flexibility index (Phi) is 3.10. The van der Waals surface area contributed by atoms with Crippen molar-refractivity contribution in [3.63, 3.8) is 0 Å². The highest BCUT2D eigenvalue weighted by molar-refractivity contribution is 6.08. The molecule has 13 heavy (non-hydrogen) atoms. The number of rotatable bonds is 2. The molecule has 0 aliphatic heterocycles. The van der Waals surface area contributed by atoms with E-state index in [9.17, 15) is 0 Å². The van der Waals surface area contributed by atoms with Crippen LogP contribution in [0.4, 0.5) is 0 Å². The van der Waals surface area contributed by atoms with Crippen LogP contribution in [-0.2, 0) is 6.04 Å². The summed E-state index contributed by atoms with van der Waals surface area (Å²) in [5.74, 6) is 0. The van der Waals surface area contributed by atoms with E-state index in [4.69, 9.17) is 0 Å². The summed E-state index contributed by atoms with van der Waals surface area (Å²) < 4.78 is 0. The molecule has 0 heterocycles. The molecule has 0 saturated carbocycles. The second kappa shape index (κ2) is 3.92. The molecule has 3 radical (unpaired) electrons. The second-order valence-corrected chi connectivity index (χ2v) is 3.75. The molecule has 1 aromatic carbocycles. The van der Waals surface area contributed by atoms with Crippen molar-refractivity contribution in [1.29, 1.82) is 0 Å². The van der Waals surface area contributed by atoms with Crippen molar-refractivity contribution >= 4 is 16.3 Å². The Hall–Kier alpha value is -0.823. The first-order valence-corrected chi connectivity index (χ1v) is 5.19. The molecule has 0 aliphatic carbocycles. The molecule has 1 aromatic rings. The Bertz CT molecular complexity index is 337. The van der Waals surface area contributed by atoms with Crippen LogP contribution < -0.4 is 0 Å². The summed E-state index contributed by atoms with van der Waals surface area (Å²) in [5.41, 5.74) is 6.71. The maximum Gasteiger partial charge on any atom is 0.0284 e. The first-order chi connectivity index (χ1) is 6.11. The number of benzene rings is 1. The fourth-order valence-electron chi connectivity index (χ4n) is 1.58. The van der Waals surface area contributed by atoms with Crippen molar-refractivity contribution in [2.45, 2.75) is 26.8 Å². The normalized spacial score (nSPS) is 10.2. The third-order valence-electron chi connectivity index (χ3n) is 2.72. The highest BCUT2D eigenvalue weighted by Crippen LogP contribution is 2.22. The Morgan fingerprint density at radius 2 is 1.92 bits per heavy atom. The molecule has 0 aromatic heterocycles. The Balaban J connectivity index is 3.47. The molecule has 0 spiro atoms. The summed E-state index contributed by atoms with van der Waals surface area (Å²) in [6.45, 7) is 10.3. The number of hydrogen-bond acceptors (Lipinski definition) is 0. The van der Waals surface area contributed by atoms with Gasteiger partial charge in [0.25, 0.3) is 0 Å². The minimum absolute atomic E-state index is 0.897. The maximum atomic E-state index is 3.83. The lowest BCUT2D eigenvalue weighted by molar-refractivity contribution is 1.19. The minimum atomic E-state index is 0.897. The first-order valence-electron chi connectivity index (χ1n) is 4.48. The van der Waals surface area contributed by atoms with Gasteiger partial charge in [-0.25, -0.2) is 0 Å². The van der Waals surface area contributed by atoms with Crippen LogP contribution in [0.3, 0.4) is 0 Å². The molecule has 0 bridgehead atoms. The van der Waals surface area contributed by atoms with Crippen LogP contribution in [-0.4, -0.2) is 10.2 Å². The SMILES string of the molecule is C=Cc1cc(C)c(C)c(C)c1C[Si]. The Morgan fingerprint density at radius 1 is 1.31 bits per heavy atom. The zero-order valence-corrected chi connectivity index (χ0v) is 9.57. The van der Waals surface area contributed by atoms with Crippen LogP contribution in [0.1, 0.15) is 27.8 Å². The van der Waals surface area contributed by atoms with Crippen molar-refractivity contribution in [1.82, 2.24) is 0 Å². The average Bonchev–Trinajstić information content (AvgIpc) is 2.13. The van der Waals surface area contributed by atoms with E-state index in [0.717, 1.165) is 6.04 Å². The molecule has 1 rings (SSSR count). The van der Waals surface area contributed by atoms with Gasteiger partial charge in [-0.3, -0.25) is 0 Å².